The minimum absolute atomic E-state index is 0.179. The van der Waals surface area contributed by atoms with E-state index >= 15 is 0 Å². The number of benzene rings is 1. The molecule has 0 spiro atoms. The third kappa shape index (κ3) is 2.30. The molecule has 19 heavy (non-hydrogen) atoms. The number of hydrogen-bond acceptors (Lipinski definition) is 4. The number of guanidine groups is 1. The molecule has 0 radical (unpaired) electrons. The van der Waals surface area contributed by atoms with Crippen molar-refractivity contribution >= 4 is 27.7 Å². The summed E-state index contributed by atoms with van der Waals surface area (Å²) in [6.45, 7) is 0. The molecule has 1 atom stereocenters. The van der Waals surface area contributed by atoms with E-state index in [1.165, 1.54) is 0 Å². The van der Waals surface area contributed by atoms with Crippen molar-refractivity contribution in [2.45, 2.75) is 25.3 Å². The number of nitrogens with one attached hydrogen (secondary N) is 1. The Morgan fingerprint density at radius 1 is 1.26 bits per heavy atom. The van der Waals surface area contributed by atoms with Gasteiger partial charge in [0.15, 0.2) is 11.7 Å². The molecule has 1 aliphatic heterocycles. The predicted octanol–water partition coefficient (Wildman–Crippen LogP) is 2.42. The zero-order valence-corrected chi connectivity index (χ0v) is 11.9. The van der Waals surface area contributed by atoms with Crippen molar-refractivity contribution in [3.63, 3.8) is 0 Å². The Hall–Kier alpha value is -1.62. The normalized spacial score (nSPS) is 22.7. The minimum atomic E-state index is -0.267. The summed E-state index contributed by atoms with van der Waals surface area (Å²) in [7, 11) is 0. The second kappa shape index (κ2) is 4.81. The third-order valence-corrected chi connectivity index (χ3v) is 3.99. The molecule has 1 aliphatic carbocycles. The number of ketones is 1. The maximum absolute atomic E-state index is 12.2. The van der Waals surface area contributed by atoms with Gasteiger partial charge in [0.1, 0.15) is 6.04 Å². The van der Waals surface area contributed by atoms with Crippen molar-refractivity contribution in [2.75, 3.05) is 0 Å². The SMILES string of the molecule is NC1=NC(c2ccc(Br)cc2)C2=C(CCCC2=O)N1. The first-order valence-corrected chi connectivity index (χ1v) is 7.06. The number of aliphatic imine (C=N–C) groups is 1. The molecule has 1 unspecified atom stereocenters. The molecule has 2 aliphatic rings. The second-order valence-corrected chi connectivity index (χ2v) is 5.68. The van der Waals surface area contributed by atoms with Crippen LogP contribution >= 0.6 is 15.9 Å². The standard InChI is InChI=1S/C14H14BrN3O/c15-9-6-4-8(5-7-9)13-12-10(17-14(16)18-13)2-1-3-11(12)19/h4-7,13H,1-3H2,(H3,16,17,18). The van der Waals surface area contributed by atoms with E-state index in [4.69, 9.17) is 5.73 Å². The Bertz CT molecular complexity index is 589. The fourth-order valence-electron chi connectivity index (χ4n) is 2.59. The number of allylic oxidation sites excluding steroid dienone is 1. The molecule has 0 fully saturated rings. The van der Waals surface area contributed by atoms with Gasteiger partial charge in [-0.2, -0.15) is 0 Å². The number of nitrogens with zero attached hydrogens (tertiary/aromatic N) is 1. The molecule has 0 saturated heterocycles. The first-order chi connectivity index (χ1) is 9.15. The van der Waals surface area contributed by atoms with Gasteiger partial charge in [0.25, 0.3) is 0 Å². The van der Waals surface area contributed by atoms with Crippen molar-refractivity contribution < 1.29 is 4.79 Å². The predicted molar refractivity (Wildman–Crippen MR) is 77.5 cm³/mol. The van der Waals surface area contributed by atoms with Crippen LogP contribution < -0.4 is 11.1 Å². The van der Waals surface area contributed by atoms with Gasteiger partial charge < -0.3 is 11.1 Å². The summed E-state index contributed by atoms with van der Waals surface area (Å²) in [5.74, 6) is 0.569. The lowest BCUT2D eigenvalue weighted by atomic mass is 9.86. The van der Waals surface area contributed by atoms with Gasteiger partial charge in [-0.3, -0.25) is 4.79 Å². The first-order valence-electron chi connectivity index (χ1n) is 6.27. The Kier molecular flexibility index (Phi) is 3.14. The molecule has 1 heterocycles. The summed E-state index contributed by atoms with van der Waals surface area (Å²) < 4.78 is 1.01. The van der Waals surface area contributed by atoms with Crippen LogP contribution in [0.15, 0.2) is 45.0 Å². The summed E-state index contributed by atoms with van der Waals surface area (Å²) in [6, 6.07) is 7.59. The lowest BCUT2D eigenvalue weighted by Gasteiger charge is -2.29. The van der Waals surface area contributed by atoms with Crippen LogP contribution in [0.1, 0.15) is 30.9 Å². The van der Waals surface area contributed by atoms with Gasteiger partial charge in [0.2, 0.25) is 0 Å². The second-order valence-electron chi connectivity index (χ2n) is 4.76. The number of halogens is 1. The van der Waals surface area contributed by atoms with Crippen LogP contribution in [0.5, 0.6) is 0 Å². The summed E-state index contributed by atoms with van der Waals surface area (Å²) in [5.41, 5.74) is 8.55. The van der Waals surface area contributed by atoms with E-state index in [0.717, 1.165) is 34.1 Å². The summed E-state index contributed by atoms with van der Waals surface area (Å²) in [6.07, 6.45) is 2.35. The van der Waals surface area contributed by atoms with E-state index in [9.17, 15) is 4.79 Å². The average Bonchev–Trinajstić information content (AvgIpc) is 2.38. The fraction of sp³-hybridized carbons (Fsp3) is 0.286. The molecule has 98 valence electrons. The summed E-state index contributed by atoms with van der Waals surface area (Å²) in [5, 5.41) is 3.04. The van der Waals surface area contributed by atoms with Gasteiger partial charge in [0.05, 0.1) is 0 Å². The Morgan fingerprint density at radius 2 is 2.00 bits per heavy atom. The molecule has 3 rings (SSSR count). The van der Waals surface area contributed by atoms with E-state index in [0.29, 0.717) is 12.4 Å². The molecule has 4 nitrogen and oxygen atoms in total. The van der Waals surface area contributed by atoms with E-state index in [2.05, 4.69) is 26.2 Å². The molecule has 0 amide bonds. The zero-order valence-electron chi connectivity index (χ0n) is 10.3. The molecule has 3 N–H and O–H groups in total. The number of nitrogens with two attached hydrogens (primary N) is 1. The Morgan fingerprint density at radius 3 is 2.74 bits per heavy atom. The monoisotopic (exact) mass is 319 g/mol. The fourth-order valence-corrected chi connectivity index (χ4v) is 2.85. The molecular formula is C14H14BrN3O. The highest BCUT2D eigenvalue weighted by Crippen LogP contribution is 2.36. The van der Waals surface area contributed by atoms with E-state index < -0.39 is 0 Å². The van der Waals surface area contributed by atoms with Crippen molar-refractivity contribution in [1.29, 1.82) is 0 Å². The quantitative estimate of drug-likeness (QED) is 0.835. The van der Waals surface area contributed by atoms with Crippen molar-refractivity contribution in [3.8, 4) is 0 Å². The largest absolute Gasteiger partial charge is 0.370 e. The van der Waals surface area contributed by atoms with Gasteiger partial charge in [-0.05, 0) is 30.5 Å². The smallest absolute Gasteiger partial charge is 0.193 e. The molecular weight excluding hydrogens is 306 g/mol. The van der Waals surface area contributed by atoms with Gasteiger partial charge >= 0.3 is 0 Å². The lowest BCUT2D eigenvalue weighted by molar-refractivity contribution is -0.116. The molecule has 0 saturated carbocycles. The van der Waals surface area contributed by atoms with Crippen LogP contribution in [0.25, 0.3) is 0 Å². The van der Waals surface area contributed by atoms with Crippen molar-refractivity contribution in [3.05, 3.63) is 45.6 Å². The first kappa shape index (κ1) is 12.4. The number of carbonyl (C=O) groups excluding carboxylic acids is 1. The van der Waals surface area contributed by atoms with Gasteiger partial charge in [-0.15, -0.1) is 0 Å². The molecule has 1 aromatic rings. The zero-order chi connectivity index (χ0) is 13.4. The van der Waals surface area contributed by atoms with E-state index in [-0.39, 0.29) is 11.8 Å². The highest BCUT2D eigenvalue weighted by Gasteiger charge is 2.31. The van der Waals surface area contributed by atoms with Crippen LogP contribution in [0, 0.1) is 0 Å². The molecule has 5 heteroatoms. The van der Waals surface area contributed by atoms with Crippen LogP contribution in [0.2, 0.25) is 0 Å². The molecule has 0 aromatic heterocycles. The maximum atomic E-state index is 12.2. The number of rotatable bonds is 1. The van der Waals surface area contributed by atoms with E-state index in [1.807, 2.05) is 24.3 Å². The molecule has 1 aromatic carbocycles. The van der Waals surface area contributed by atoms with E-state index in [1.54, 1.807) is 0 Å². The van der Waals surface area contributed by atoms with Gasteiger partial charge in [0, 0.05) is 22.2 Å². The summed E-state index contributed by atoms with van der Waals surface area (Å²) in [4.78, 5) is 16.6. The number of Topliss-reactive ketones (excluding diaryl/α,β-unsaturated/α-hetero) is 1. The van der Waals surface area contributed by atoms with Crippen molar-refractivity contribution in [2.24, 2.45) is 10.7 Å². The lowest BCUT2D eigenvalue weighted by Crippen LogP contribution is -2.39. The van der Waals surface area contributed by atoms with Crippen molar-refractivity contribution in [1.82, 2.24) is 5.32 Å². The Balaban J connectivity index is 2.06. The summed E-state index contributed by atoms with van der Waals surface area (Å²) >= 11 is 3.41. The number of carbonyl (C=O) groups is 1. The van der Waals surface area contributed by atoms with Crippen LogP contribution in [0.3, 0.4) is 0 Å². The van der Waals surface area contributed by atoms with Crippen LogP contribution in [-0.2, 0) is 4.79 Å². The highest BCUT2D eigenvalue weighted by atomic mass is 79.9. The molecule has 0 bridgehead atoms. The van der Waals surface area contributed by atoms with Crippen LogP contribution in [0.4, 0.5) is 0 Å². The Labute approximate surface area is 119 Å². The topological polar surface area (TPSA) is 67.5 Å². The van der Waals surface area contributed by atoms with Crippen LogP contribution in [-0.4, -0.2) is 11.7 Å². The number of hydrogen-bond donors (Lipinski definition) is 2. The maximum Gasteiger partial charge on any atom is 0.193 e. The minimum Gasteiger partial charge on any atom is -0.370 e. The highest BCUT2D eigenvalue weighted by molar-refractivity contribution is 9.10. The van der Waals surface area contributed by atoms with Gasteiger partial charge in [-0.1, -0.05) is 28.1 Å². The average molecular weight is 320 g/mol. The van der Waals surface area contributed by atoms with Gasteiger partial charge in [-0.25, -0.2) is 4.99 Å². The third-order valence-electron chi connectivity index (χ3n) is 3.46.